The molecule has 0 aliphatic carbocycles. The summed E-state index contributed by atoms with van der Waals surface area (Å²) in [6.45, 7) is 16.1. The van der Waals surface area contributed by atoms with E-state index in [1.54, 1.807) is 24.1 Å². The van der Waals surface area contributed by atoms with Crippen molar-refractivity contribution >= 4 is 41.9 Å². The van der Waals surface area contributed by atoms with Gasteiger partial charge in [-0.3, -0.25) is 9.69 Å². The molecule has 38 heavy (non-hydrogen) atoms. The quantitative estimate of drug-likeness (QED) is 0.125. The highest BCUT2D eigenvalue weighted by Crippen LogP contribution is 2.42. The number of hydrogen-bond donors (Lipinski definition) is 0. The Bertz CT molecular complexity index is 1010. The molecular weight excluding hydrogens is 568 g/mol. The molecule has 2 aliphatic heterocycles. The summed E-state index contributed by atoms with van der Waals surface area (Å²) in [5.74, 6) is 0.817. The summed E-state index contributed by atoms with van der Waals surface area (Å²) in [5, 5.41) is 1.01. The summed E-state index contributed by atoms with van der Waals surface area (Å²) in [7, 11) is -0.480. The van der Waals surface area contributed by atoms with E-state index in [0.29, 0.717) is 48.9 Å². The van der Waals surface area contributed by atoms with Gasteiger partial charge in [0, 0.05) is 24.5 Å². The molecule has 2 aliphatic rings. The molecule has 2 atom stereocenters. The van der Waals surface area contributed by atoms with Gasteiger partial charge in [-0.05, 0) is 49.9 Å². The van der Waals surface area contributed by atoms with Crippen LogP contribution in [0, 0.1) is 0 Å². The molecule has 0 unspecified atom stereocenters. The maximum absolute atomic E-state index is 13.9. The van der Waals surface area contributed by atoms with Crippen molar-refractivity contribution in [2.45, 2.75) is 76.7 Å². The Kier molecular flexibility index (Phi) is 10.3. The largest absolute Gasteiger partial charge is 0.493 e. The summed E-state index contributed by atoms with van der Waals surface area (Å²) in [6, 6.07) is 3.22. The summed E-state index contributed by atoms with van der Waals surface area (Å²) in [4.78, 5) is 30.5. The molecule has 10 heteroatoms. The summed E-state index contributed by atoms with van der Waals surface area (Å²) in [6.07, 6.45) is 4.57. The third-order valence-electron chi connectivity index (χ3n) is 7.68. The van der Waals surface area contributed by atoms with E-state index < -0.39 is 14.4 Å². The van der Waals surface area contributed by atoms with Crippen LogP contribution in [0.25, 0.3) is 0 Å². The molecule has 1 aromatic rings. The van der Waals surface area contributed by atoms with Crippen molar-refractivity contribution in [2.75, 3.05) is 43.6 Å². The van der Waals surface area contributed by atoms with Crippen LogP contribution < -0.4 is 14.4 Å². The lowest BCUT2D eigenvalue weighted by Crippen LogP contribution is -2.44. The maximum Gasteiger partial charge on any atom is 0.414 e. The Morgan fingerprint density at radius 2 is 1.92 bits per heavy atom. The fraction of sp³-hybridized carbons (Fsp3) is 0.643. The fourth-order valence-electron chi connectivity index (χ4n) is 4.59. The molecule has 2 amide bonds. The van der Waals surface area contributed by atoms with E-state index in [-0.39, 0.29) is 29.7 Å². The summed E-state index contributed by atoms with van der Waals surface area (Å²) < 4.78 is 23.8. The van der Waals surface area contributed by atoms with Gasteiger partial charge in [0.2, 0.25) is 0 Å². The van der Waals surface area contributed by atoms with Gasteiger partial charge in [0.15, 0.2) is 19.8 Å². The molecule has 0 spiro atoms. The first-order valence-electron chi connectivity index (χ1n) is 13.4. The minimum atomic E-state index is -2.03. The fourth-order valence-corrected chi connectivity index (χ4v) is 6.34. The second kappa shape index (κ2) is 12.9. The molecule has 1 saturated heterocycles. The first-order valence-corrected chi connectivity index (χ1v) is 17.4. The van der Waals surface area contributed by atoms with Crippen molar-refractivity contribution in [2.24, 2.45) is 0 Å². The molecule has 212 valence electrons. The second-order valence-corrected chi connectivity index (χ2v) is 17.0. The van der Waals surface area contributed by atoms with Crippen LogP contribution in [0.5, 0.6) is 11.5 Å². The van der Waals surface area contributed by atoms with E-state index in [4.69, 9.17) is 18.6 Å². The number of methoxy groups -OCH3 is 1. The van der Waals surface area contributed by atoms with E-state index in [9.17, 15) is 9.59 Å². The van der Waals surface area contributed by atoms with Crippen molar-refractivity contribution in [1.29, 1.82) is 0 Å². The Hall–Kier alpha value is -2.04. The predicted octanol–water partition coefficient (Wildman–Crippen LogP) is 6.39. The van der Waals surface area contributed by atoms with Crippen molar-refractivity contribution in [3.8, 4) is 11.5 Å². The van der Waals surface area contributed by atoms with Crippen molar-refractivity contribution < 1.29 is 28.2 Å². The number of amides is 2. The second-order valence-electron chi connectivity index (χ2n) is 11.4. The number of anilines is 1. The van der Waals surface area contributed by atoms with Gasteiger partial charge in [-0.1, -0.05) is 49.4 Å². The number of carbonyl (C=O) groups is 2. The molecule has 1 fully saturated rings. The van der Waals surface area contributed by atoms with Crippen LogP contribution in [-0.4, -0.2) is 76.1 Å². The number of alkyl halides is 1. The number of nitrogens with zero attached hydrogens (tertiary/aromatic N) is 2. The van der Waals surface area contributed by atoms with Crippen LogP contribution in [0.3, 0.4) is 0 Å². The molecule has 1 aromatic carbocycles. The van der Waals surface area contributed by atoms with Crippen LogP contribution in [0.1, 0.15) is 56.8 Å². The lowest BCUT2D eigenvalue weighted by atomic mass is 10.1. The van der Waals surface area contributed by atoms with Gasteiger partial charge in [0.05, 0.1) is 37.1 Å². The number of fused-ring (bicyclic) bond motifs is 2. The van der Waals surface area contributed by atoms with Crippen molar-refractivity contribution in [1.82, 2.24) is 4.90 Å². The smallest absolute Gasteiger partial charge is 0.414 e. The molecule has 0 radical (unpaired) electrons. The first kappa shape index (κ1) is 30.5. The van der Waals surface area contributed by atoms with Crippen LogP contribution in [0.4, 0.5) is 10.5 Å². The van der Waals surface area contributed by atoms with E-state index in [1.165, 1.54) is 6.08 Å². The van der Waals surface area contributed by atoms with Crippen molar-refractivity contribution in [3.63, 3.8) is 0 Å². The van der Waals surface area contributed by atoms with Gasteiger partial charge < -0.3 is 23.5 Å². The highest BCUT2D eigenvalue weighted by molar-refractivity contribution is 9.09. The van der Waals surface area contributed by atoms with Crippen LogP contribution >= 0.6 is 15.9 Å². The summed E-state index contributed by atoms with van der Waals surface area (Å²) in [5.41, 5.74) is 0.858. The minimum Gasteiger partial charge on any atom is -0.493 e. The first-order chi connectivity index (χ1) is 17.9. The topological polar surface area (TPSA) is 77.5 Å². The number of halogens is 1. The Balaban J connectivity index is 1.94. The van der Waals surface area contributed by atoms with Gasteiger partial charge in [0.1, 0.15) is 6.61 Å². The molecule has 2 heterocycles. The third-order valence-corrected chi connectivity index (χ3v) is 12.8. The lowest BCUT2D eigenvalue weighted by molar-refractivity contribution is 0.0729. The number of hydrogen-bond acceptors (Lipinski definition) is 6. The van der Waals surface area contributed by atoms with E-state index in [2.05, 4.69) is 56.4 Å². The molecule has 3 rings (SSSR count). The monoisotopic (exact) mass is 610 g/mol. The van der Waals surface area contributed by atoms with Gasteiger partial charge in [-0.2, -0.15) is 0 Å². The Labute approximate surface area is 236 Å². The van der Waals surface area contributed by atoms with Gasteiger partial charge in [-0.25, -0.2) is 4.79 Å². The number of carbonyl (C=O) groups excluding carboxylic acids is 2. The van der Waals surface area contributed by atoms with Gasteiger partial charge >= 0.3 is 6.09 Å². The third kappa shape index (κ3) is 6.93. The number of benzene rings is 1. The van der Waals surface area contributed by atoms with Gasteiger partial charge in [0.25, 0.3) is 5.91 Å². The molecule has 0 N–H and O–H groups in total. The lowest BCUT2D eigenvalue weighted by Gasteiger charge is -2.38. The molecule has 0 bridgehead atoms. The zero-order valence-electron chi connectivity index (χ0n) is 23.7. The standard InChI is InChI=1S/C28H43BrN2O6Si/c1-8-13-36-27(33)31-18-20-15-21(37-38(6,7)28(2,3)4)19-30(20)26(32)22-16-24(34-5)25(17-23(22)31)35-14-11-9-10-12-29/h8,16-17,20-21H,1,9-15,18-19H2,2-7H3/t20-,21+/m0/s1. The number of ether oxygens (including phenoxy) is 3. The average molecular weight is 612 g/mol. The molecule has 0 saturated carbocycles. The van der Waals surface area contributed by atoms with E-state index in [0.717, 1.165) is 24.6 Å². The highest BCUT2D eigenvalue weighted by atomic mass is 79.9. The van der Waals surface area contributed by atoms with Crippen molar-refractivity contribution in [3.05, 3.63) is 30.4 Å². The minimum absolute atomic E-state index is 0.0576. The average Bonchev–Trinajstić information content (AvgIpc) is 3.21. The zero-order valence-corrected chi connectivity index (χ0v) is 26.3. The van der Waals surface area contributed by atoms with Gasteiger partial charge in [-0.15, -0.1) is 0 Å². The number of unbranched alkanes of at least 4 members (excludes halogenated alkanes) is 2. The molecular formula is C28H43BrN2O6Si. The predicted molar refractivity (Wildman–Crippen MR) is 157 cm³/mol. The zero-order chi connectivity index (χ0) is 28.1. The van der Waals surface area contributed by atoms with Crippen LogP contribution in [0.15, 0.2) is 24.8 Å². The van der Waals surface area contributed by atoms with E-state index in [1.807, 2.05) is 4.90 Å². The van der Waals surface area contributed by atoms with E-state index >= 15 is 0 Å². The highest BCUT2D eigenvalue weighted by Gasteiger charge is 2.46. The Morgan fingerprint density at radius 3 is 2.55 bits per heavy atom. The molecule has 8 nitrogen and oxygen atoms in total. The Morgan fingerprint density at radius 1 is 1.18 bits per heavy atom. The normalized spacial score (nSPS) is 19.5. The SMILES string of the molecule is C=CCOC(=O)N1C[C@@H]2C[C@@H](O[Si](C)(C)C(C)(C)C)CN2C(=O)c2cc(OC)c(OCCCCCBr)cc21. The van der Waals surface area contributed by atoms with Crippen LogP contribution in [-0.2, 0) is 9.16 Å². The maximum atomic E-state index is 13.9. The number of rotatable bonds is 11. The summed E-state index contributed by atoms with van der Waals surface area (Å²) >= 11 is 3.45. The van der Waals surface area contributed by atoms with Crippen LogP contribution in [0.2, 0.25) is 18.1 Å². The molecule has 0 aromatic heterocycles.